The Balaban J connectivity index is 1.30. The van der Waals surface area contributed by atoms with Crippen LogP contribution in [0.3, 0.4) is 0 Å². The number of fused-ring (bicyclic) bond motifs is 5. The SMILES string of the molecule is CCCCC1=Cc2c(-c3ccccc3C(C)CC)cccc2[CH]1[Hf]([c]1cccc2c1[SiH2]c1ccccc1-2)[CH]1C(CCCC)=Cc2c(-c3ccccc3C(C)CC)cccc21. The first-order valence-electron chi connectivity index (χ1n) is 23.4. The maximum absolute atomic E-state index is 3.15. The first kappa shape index (κ1) is 41.3. The second-order valence-corrected chi connectivity index (χ2v) is 29.2. The van der Waals surface area contributed by atoms with Crippen LogP contribution in [0, 0.1) is 0 Å². The summed E-state index contributed by atoms with van der Waals surface area (Å²) in [4.78, 5) is 0. The van der Waals surface area contributed by atoms with Crippen molar-refractivity contribution in [2.24, 2.45) is 0 Å². The zero-order valence-electron chi connectivity index (χ0n) is 37.0. The van der Waals surface area contributed by atoms with Crippen molar-refractivity contribution in [3.63, 3.8) is 0 Å². The third-order valence-electron chi connectivity index (χ3n) is 14.5. The van der Waals surface area contributed by atoms with Crippen molar-refractivity contribution >= 4 is 35.4 Å². The molecular formula is C58H63HfSi. The summed E-state index contributed by atoms with van der Waals surface area (Å²) in [6, 6.07) is 50.6. The fourth-order valence-electron chi connectivity index (χ4n) is 11.0. The van der Waals surface area contributed by atoms with Crippen LogP contribution in [0.4, 0.5) is 0 Å². The first-order chi connectivity index (χ1) is 29.5. The van der Waals surface area contributed by atoms with Crippen LogP contribution < -0.4 is 13.7 Å². The van der Waals surface area contributed by atoms with E-state index >= 15 is 0 Å². The summed E-state index contributed by atoms with van der Waals surface area (Å²) < 4.78 is 2.85. The molecule has 1 aliphatic heterocycles. The number of unbranched alkanes of at least 4 members (excludes halogenated alkanes) is 2. The van der Waals surface area contributed by atoms with Crippen LogP contribution in [0.2, 0.25) is 0 Å². The van der Waals surface area contributed by atoms with E-state index in [9.17, 15) is 0 Å². The topological polar surface area (TPSA) is 0 Å². The van der Waals surface area contributed by atoms with Gasteiger partial charge in [0.15, 0.2) is 0 Å². The van der Waals surface area contributed by atoms with Gasteiger partial charge in [0, 0.05) is 0 Å². The summed E-state index contributed by atoms with van der Waals surface area (Å²) in [5, 5.41) is 3.42. The number of hydrogen-bond donors (Lipinski definition) is 0. The summed E-state index contributed by atoms with van der Waals surface area (Å²) in [5.41, 5.74) is 21.6. The molecule has 0 aromatic heterocycles. The molecule has 0 radical (unpaired) electrons. The van der Waals surface area contributed by atoms with Crippen molar-refractivity contribution in [2.45, 2.75) is 112 Å². The molecule has 0 saturated heterocycles. The fraction of sp³-hybridized carbons (Fsp3) is 0.310. The second-order valence-electron chi connectivity index (χ2n) is 18.0. The van der Waals surface area contributed by atoms with Gasteiger partial charge in [-0.1, -0.05) is 0 Å². The zero-order valence-corrected chi connectivity index (χ0v) is 42.0. The Bertz CT molecular complexity index is 2460. The van der Waals surface area contributed by atoms with Gasteiger partial charge in [-0.3, -0.25) is 0 Å². The Hall–Kier alpha value is -4.11. The van der Waals surface area contributed by atoms with Crippen molar-refractivity contribution in [1.82, 2.24) is 0 Å². The Kier molecular flexibility index (Phi) is 12.4. The standard InChI is InChI=1S/2C23H27.C12H9Si.Hf/c2*1-4-6-10-18-15-19-11-9-14-22(23(19)16-18)21-13-8-7-12-20(21)17(3)5-2;1-3-7-11-9(5-1)10-6-2-4-8-12(10)13-11;/h2*7-9,11-17H,4-6,10H2,1-3H3;1-7H,13H2;. The summed E-state index contributed by atoms with van der Waals surface area (Å²) in [6.07, 6.45) is 15.1. The van der Waals surface area contributed by atoms with Crippen molar-refractivity contribution in [3.05, 3.63) is 172 Å². The predicted octanol–water partition coefficient (Wildman–Crippen LogP) is 14.0. The molecule has 1 heterocycles. The molecule has 303 valence electrons. The van der Waals surface area contributed by atoms with Crippen LogP contribution in [0.25, 0.3) is 45.5 Å². The Morgan fingerprint density at radius 1 is 0.483 bits per heavy atom. The molecule has 6 aromatic carbocycles. The molecule has 4 unspecified atom stereocenters. The van der Waals surface area contributed by atoms with Gasteiger partial charge in [0.2, 0.25) is 0 Å². The van der Waals surface area contributed by atoms with Gasteiger partial charge in [0.25, 0.3) is 0 Å². The van der Waals surface area contributed by atoms with Gasteiger partial charge in [0.05, 0.1) is 0 Å². The quantitative estimate of drug-likeness (QED) is 0.0899. The molecule has 0 spiro atoms. The minimum atomic E-state index is -3.15. The Morgan fingerprint density at radius 3 is 1.45 bits per heavy atom. The van der Waals surface area contributed by atoms with E-state index in [4.69, 9.17) is 0 Å². The van der Waals surface area contributed by atoms with Gasteiger partial charge >= 0.3 is 374 Å². The zero-order chi connectivity index (χ0) is 41.3. The van der Waals surface area contributed by atoms with E-state index in [1.807, 2.05) is 3.32 Å². The molecule has 2 aliphatic carbocycles. The predicted molar refractivity (Wildman–Crippen MR) is 261 cm³/mol. The molecule has 0 amide bonds. The molecule has 0 nitrogen and oxygen atoms in total. The third kappa shape index (κ3) is 7.38. The average molecular weight is 967 g/mol. The van der Waals surface area contributed by atoms with Gasteiger partial charge in [-0.15, -0.1) is 0 Å². The molecule has 0 bridgehead atoms. The number of rotatable bonds is 15. The Morgan fingerprint density at radius 2 is 0.933 bits per heavy atom. The number of allylic oxidation sites excluding steroid dienone is 2. The van der Waals surface area contributed by atoms with E-state index in [1.54, 1.807) is 38.2 Å². The van der Waals surface area contributed by atoms with E-state index in [2.05, 4.69) is 181 Å². The first-order valence-corrected chi connectivity index (χ1v) is 30.8. The monoisotopic (exact) mass is 967 g/mol. The van der Waals surface area contributed by atoms with Crippen LogP contribution in [0.5, 0.6) is 0 Å². The van der Waals surface area contributed by atoms with Crippen molar-refractivity contribution < 1.29 is 21.4 Å². The van der Waals surface area contributed by atoms with Crippen LogP contribution in [-0.4, -0.2) is 9.52 Å². The van der Waals surface area contributed by atoms with Crippen molar-refractivity contribution in [1.29, 1.82) is 0 Å². The minimum absolute atomic E-state index is 0.508. The normalized spacial score (nSPS) is 17.4. The third-order valence-corrected chi connectivity index (χ3v) is 31.2. The van der Waals surface area contributed by atoms with Crippen molar-refractivity contribution in [2.75, 3.05) is 0 Å². The second kappa shape index (κ2) is 18.1. The summed E-state index contributed by atoms with van der Waals surface area (Å²) >= 11 is -3.15. The van der Waals surface area contributed by atoms with Gasteiger partial charge in [-0.2, -0.15) is 0 Å². The molecule has 0 N–H and O–H groups in total. The number of hydrogen-bond acceptors (Lipinski definition) is 0. The fourth-order valence-corrected chi connectivity index (χ4v) is 30.5. The van der Waals surface area contributed by atoms with Gasteiger partial charge < -0.3 is 0 Å². The molecule has 2 heteroatoms. The average Bonchev–Trinajstić information content (AvgIpc) is 3.99. The summed E-state index contributed by atoms with van der Waals surface area (Å²) in [5.74, 6) is 1.04. The van der Waals surface area contributed by atoms with E-state index in [0.29, 0.717) is 19.2 Å². The van der Waals surface area contributed by atoms with Gasteiger partial charge in [0.1, 0.15) is 0 Å². The molecule has 60 heavy (non-hydrogen) atoms. The molecule has 4 atom stereocenters. The van der Waals surface area contributed by atoms with Crippen molar-refractivity contribution in [3.8, 4) is 33.4 Å². The molecule has 6 aromatic rings. The van der Waals surface area contributed by atoms with Crippen LogP contribution >= 0.6 is 0 Å². The van der Waals surface area contributed by atoms with E-state index in [1.165, 1.54) is 88.6 Å². The molecule has 0 fully saturated rings. The van der Waals surface area contributed by atoms with E-state index in [-0.39, 0.29) is 0 Å². The van der Waals surface area contributed by atoms with Crippen LogP contribution in [0.1, 0.15) is 145 Å². The molecule has 9 rings (SSSR count). The van der Waals surface area contributed by atoms with E-state index < -0.39 is 31.0 Å². The molecular weight excluding hydrogens is 903 g/mol. The summed E-state index contributed by atoms with van der Waals surface area (Å²) in [6.45, 7) is 14.3. The molecule has 0 saturated carbocycles. The van der Waals surface area contributed by atoms with Gasteiger partial charge in [-0.05, 0) is 0 Å². The van der Waals surface area contributed by atoms with Crippen LogP contribution in [0.15, 0.2) is 139 Å². The number of benzene rings is 6. The summed E-state index contributed by atoms with van der Waals surface area (Å²) in [7, 11) is -0.622. The maximum atomic E-state index is 2.74. The van der Waals surface area contributed by atoms with Crippen LogP contribution in [-0.2, 0) is 21.4 Å². The Labute approximate surface area is 371 Å². The molecule has 3 aliphatic rings. The van der Waals surface area contributed by atoms with E-state index in [0.717, 1.165) is 12.8 Å². The van der Waals surface area contributed by atoms with Gasteiger partial charge in [-0.25, -0.2) is 0 Å².